The van der Waals surface area contributed by atoms with Crippen molar-refractivity contribution in [3.63, 3.8) is 0 Å². The molecule has 4 aliphatic carbocycles. The standard InChI is InChI=1S/C27H40O4/c1-16(24-9-4-17(15-28)25(30)31-24)21-7-8-22-20-6-5-18-14-19(29)10-12-26(18,2)23(20)11-13-27(21,22)3/h4-5,16,19-24,28-29H,6-15H2,1-3H3/t16-,19-,20-,21+,22-,23-,24+,26-,27+/m0/s1. The summed E-state index contributed by atoms with van der Waals surface area (Å²) < 4.78 is 5.79. The molecule has 4 nitrogen and oxygen atoms in total. The van der Waals surface area contributed by atoms with Crippen LogP contribution >= 0.6 is 0 Å². The van der Waals surface area contributed by atoms with E-state index in [0.29, 0.717) is 22.8 Å². The Labute approximate surface area is 187 Å². The van der Waals surface area contributed by atoms with E-state index in [-0.39, 0.29) is 30.2 Å². The zero-order chi connectivity index (χ0) is 22.0. The SMILES string of the molecule is C[C@@H]([C@H]1CC[C@H]2[C@@H]3CC=C4C[C@@H](O)CC[C@]4(C)[C@H]3CC[C@]12C)[C@H]1CC=C(CO)C(=O)O1. The molecule has 0 saturated heterocycles. The van der Waals surface area contributed by atoms with Gasteiger partial charge in [-0.15, -0.1) is 0 Å². The third-order valence-electron chi connectivity index (χ3n) is 10.7. The van der Waals surface area contributed by atoms with E-state index in [1.54, 1.807) is 5.57 Å². The minimum atomic E-state index is -0.327. The highest BCUT2D eigenvalue weighted by atomic mass is 16.5. The molecule has 3 saturated carbocycles. The second kappa shape index (κ2) is 7.73. The summed E-state index contributed by atoms with van der Waals surface area (Å²) in [4.78, 5) is 12.2. The number of hydrogen-bond donors (Lipinski definition) is 2. The van der Waals surface area contributed by atoms with Crippen LogP contribution in [0.3, 0.4) is 0 Å². The van der Waals surface area contributed by atoms with Crippen LogP contribution in [0.4, 0.5) is 0 Å². The molecule has 1 heterocycles. The summed E-state index contributed by atoms with van der Waals surface area (Å²) >= 11 is 0. The predicted octanol–water partition coefficient (Wildman–Crippen LogP) is 4.80. The average Bonchev–Trinajstić information content (AvgIpc) is 3.11. The van der Waals surface area contributed by atoms with Gasteiger partial charge in [0.15, 0.2) is 0 Å². The van der Waals surface area contributed by atoms with Gasteiger partial charge in [0.1, 0.15) is 6.10 Å². The first-order valence-electron chi connectivity index (χ1n) is 12.7. The van der Waals surface area contributed by atoms with E-state index in [4.69, 9.17) is 4.74 Å². The number of hydrogen-bond acceptors (Lipinski definition) is 4. The Morgan fingerprint density at radius 3 is 2.65 bits per heavy atom. The summed E-state index contributed by atoms with van der Waals surface area (Å²) in [5.74, 6) is 2.88. The third kappa shape index (κ3) is 3.27. The maximum atomic E-state index is 12.2. The minimum Gasteiger partial charge on any atom is -0.458 e. The lowest BCUT2D eigenvalue weighted by Gasteiger charge is -2.58. The predicted molar refractivity (Wildman–Crippen MR) is 120 cm³/mol. The number of aliphatic hydroxyl groups excluding tert-OH is 2. The van der Waals surface area contributed by atoms with Crippen LogP contribution in [-0.4, -0.2) is 35.0 Å². The molecule has 0 aromatic heterocycles. The number of carbonyl (C=O) groups excluding carboxylic acids is 1. The van der Waals surface area contributed by atoms with Crippen LogP contribution in [0.25, 0.3) is 0 Å². The van der Waals surface area contributed by atoms with E-state index >= 15 is 0 Å². The summed E-state index contributed by atoms with van der Waals surface area (Å²) in [5, 5.41) is 19.6. The van der Waals surface area contributed by atoms with Crippen molar-refractivity contribution in [3.05, 3.63) is 23.3 Å². The lowest BCUT2D eigenvalue weighted by molar-refractivity contribution is -0.151. The van der Waals surface area contributed by atoms with Gasteiger partial charge in [-0.05, 0) is 91.8 Å². The Morgan fingerprint density at radius 2 is 1.90 bits per heavy atom. The highest BCUT2D eigenvalue weighted by Gasteiger charge is 2.59. The second-order valence-corrected chi connectivity index (χ2v) is 11.8. The molecule has 31 heavy (non-hydrogen) atoms. The lowest BCUT2D eigenvalue weighted by atomic mass is 9.47. The fourth-order valence-corrected chi connectivity index (χ4v) is 8.86. The summed E-state index contributed by atoms with van der Waals surface area (Å²) in [7, 11) is 0. The van der Waals surface area contributed by atoms with Crippen LogP contribution in [-0.2, 0) is 9.53 Å². The van der Waals surface area contributed by atoms with Crippen LogP contribution in [0.15, 0.2) is 23.3 Å². The van der Waals surface area contributed by atoms with Crippen molar-refractivity contribution in [2.75, 3.05) is 6.61 Å². The Bertz CT molecular complexity index is 799. The van der Waals surface area contributed by atoms with Crippen molar-refractivity contribution >= 4 is 5.97 Å². The molecule has 0 spiro atoms. The smallest absolute Gasteiger partial charge is 0.336 e. The molecule has 0 amide bonds. The second-order valence-electron chi connectivity index (χ2n) is 11.8. The number of esters is 1. The van der Waals surface area contributed by atoms with E-state index in [1.807, 2.05) is 6.08 Å². The zero-order valence-electron chi connectivity index (χ0n) is 19.5. The Morgan fingerprint density at radius 1 is 1.10 bits per heavy atom. The van der Waals surface area contributed by atoms with Gasteiger partial charge in [-0.25, -0.2) is 4.79 Å². The summed E-state index contributed by atoms with van der Waals surface area (Å²) in [6.45, 7) is 7.10. The number of allylic oxidation sites excluding steroid dienone is 1. The number of rotatable bonds is 3. The van der Waals surface area contributed by atoms with Gasteiger partial charge in [0.05, 0.1) is 18.3 Å². The first-order chi connectivity index (χ1) is 14.8. The van der Waals surface area contributed by atoms with Crippen LogP contribution < -0.4 is 0 Å². The number of aliphatic hydroxyl groups is 2. The fourth-order valence-electron chi connectivity index (χ4n) is 8.86. The van der Waals surface area contributed by atoms with Gasteiger partial charge in [0, 0.05) is 6.42 Å². The molecule has 0 unspecified atom stereocenters. The number of carbonyl (C=O) groups is 1. The highest BCUT2D eigenvalue weighted by Crippen LogP contribution is 2.67. The highest BCUT2D eigenvalue weighted by molar-refractivity contribution is 5.89. The van der Waals surface area contributed by atoms with Gasteiger partial charge in [-0.1, -0.05) is 38.5 Å². The molecule has 0 aromatic carbocycles. The molecule has 5 aliphatic rings. The van der Waals surface area contributed by atoms with Crippen molar-refractivity contribution in [1.29, 1.82) is 0 Å². The molecule has 1 aliphatic heterocycles. The van der Waals surface area contributed by atoms with Crippen molar-refractivity contribution in [2.45, 2.75) is 90.8 Å². The molecule has 2 N–H and O–H groups in total. The maximum absolute atomic E-state index is 12.2. The number of ether oxygens (including phenoxy) is 1. The van der Waals surface area contributed by atoms with Crippen molar-refractivity contribution < 1.29 is 19.7 Å². The van der Waals surface area contributed by atoms with E-state index < -0.39 is 0 Å². The molecule has 0 bridgehead atoms. The van der Waals surface area contributed by atoms with E-state index in [2.05, 4.69) is 26.8 Å². The third-order valence-corrected chi connectivity index (χ3v) is 10.7. The van der Waals surface area contributed by atoms with E-state index in [1.165, 1.54) is 32.1 Å². The van der Waals surface area contributed by atoms with E-state index in [0.717, 1.165) is 43.4 Å². The largest absolute Gasteiger partial charge is 0.458 e. The lowest BCUT2D eigenvalue weighted by Crippen LogP contribution is -2.51. The Kier molecular flexibility index (Phi) is 5.41. The Balaban J connectivity index is 1.36. The van der Waals surface area contributed by atoms with Crippen LogP contribution in [0.5, 0.6) is 0 Å². The molecular weight excluding hydrogens is 388 g/mol. The minimum absolute atomic E-state index is 0.0590. The topological polar surface area (TPSA) is 66.8 Å². The Hall–Kier alpha value is -1.13. The summed E-state index contributed by atoms with van der Waals surface area (Å²) in [5.41, 5.74) is 2.57. The monoisotopic (exact) mass is 428 g/mol. The number of cyclic esters (lactones) is 1. The van der Waals surface area contributed by atoms with E-state index in [9.17, 15) is 15.0 Å². The van der Waals surface area contributed by atoms with Crippen LogP contribution in [0, 0.1) is 40.4 Å². The van der Waals surface area contributed by atoms with Crippen LogP contribution in [0.1, 0.15) is 78.6 Å². The summed E-state index contributed by atoms with van der Waals surface area (Å²) in [6, 6.07) is 0. The molecule has 172 valence electrons. The normalized spacial score (nSPS) is 48.0. The maximum Gasteiger partial charge on any atom is 0.336 e. The average molecular weight is 429 g/mol. The van der Waals surface area contributed by atoms with Gasteiger partial charge in [0.2, 0.25) is 0 Å². The van der Waals surface area contributed by atoms with Crippen molar-refractivity contribution in [1.82, 2.24) is 0 Å². The zero-order valence-corrected chi connectivity index (χ0v) is 19.5. The number of fused-ring (bicyclic) bond motifs is 5. The molecule has 3 fully saturated rings. The molecule has 5 rings (SSSR count). The molecule has 9 atom stereocenters. The van der Waals surface area contributed by atoms with Crippen molar-refractivity contribution in [2.24, 2.45) is 40.4 Å². The van der Waals surface area contributed by atoms with Crippen molar-refractivity contribution in [3.8, 4) is 0 Å². The van der Waals surface area contributed by atoms with Crippen LogP contribution in [0.2, 0.25) is 0 Å². The van der Waals surface area contributed by atoms with Gasteiger partial charge in [-0.3, -0.25) is 0 Å². The van der Waals surface area contributed by atoms with Gasteiger partial charge >= 0.3 is 5.97 Å². The molecule has 0 radical (unpaired) electrons. The molecule has 4 heteroatoms. The molecular formula is C27H40O4. The first-order valence-corrected chi connectivity index (χ1v) is 12.7. The fraction of sp³-hybridized carbons (Fsp3) is 0.815. The quantitative estimate of drug-likeness (QED) is 0.501. The van der Waals surface area contributed by atoms with Gasteiger partial charge in [0.25, 0.3) is 0 Å². The summed E-state index contributed by atoms with van der Waals surface area (Å²) in [6.07, 6.45) is 14.2. The van der Waals surface area contributed by atoms with Gasteiger partial charge < -0.3 is 14.9 Å². The van der Waals surface area contributed by atoms with Gasteiger partial charge in [-0.2, -0.15) is 0 Å². The molecule has 0 aromatic rings. The first kappa shape index (κ1) is 21.7.